The maximum atomic E-state index is 4.69. The fraction of sp³-hybridized carbons (Fsp3) is 0.267. The lowest BCUT2D eigenvalue weighted by Gasteiger charge is -2.13. The van der Waals surface area contributed by atoms with E-state index in [1.54, 1.807) is 0 Å². The molecule has 184 valence electrons. The van der Waals surface area contributed by atoms with Crippen molar-refractivity contribution in [2.24, 2.45) is 39.9 Å². The minimum Gasteiger partial charge on any atom is -0.259 e. The molecule has 2 aromatic rings. The Bertz CT molecular complexity index is 1880. The fourth-order valence-corrected chi connectivity index (χ4v) is 5.70. The summed E-state index contributed by atoms with van der Waals surface area (Å²) in [7, 11) is 0. The van der Waals surface area contributed by atoms with Crippen LogP contribution in [0.15, 0.2) is 75.4 Å². The lowest BCUT2D eigenvalue weighted by molar-refractivity contribution is 1.05. The molecule has 6 aliphatic rings. The summed E-state index contributed by atoms with van der Waals surface area (Å²) in [6.07, 6.45) is 10.6. The molecule has 0 unspecified atom stereocenters. The third-order valence-corrected chi connectivity index (χ3v) is 7.55. The maximum absolute atomic E-state index is 4.69. The summed E-state index contributed by atoms with van der Waals surface area (Å²) >= 11 is 0. The largest absolute Gasteiger partial charge is 0.259 e. The summed E-state index contributed by atoms with van der Waals surface area (Å²) in [5.41, 5.74) is 13.2. The van der Waals surface area contributed by atoms with Crippen LogP contribution in [-0.2, 0) is 0 Å². The van der Waals surface area contributed by atoms with Crippen molar-refractivity contribution in [1.82, 2.24) is 0 Å². The first-order valence-corrected chi connectivity index (χ1v) is 12.7. The van der Waals surface area contributed by atoms with Crippen LogP contribution < -0.4 is 21.4 Å². The number of aliphatic imine (C=N–C) groups is 4. The van der Waals surface area contributed by atoms with Gasteiger partial charge >= 0.3 is 0 Å². The Morgan fingerprint density at radius 3 is 1.29 bits per heavy atom. The molecule has 0 fully saturated rings. The number of nitrogens with zero attached hydrogens (tertiary/aromatic N) is 8. The highest BCUT2D eigenvalue weighted by atomic mass is 15.0. The van der Waals surface area contributed by atoms with E-state index >= 15 is 0 Å². The van der Waals surface area contributed by atoms with Gasteiger partial charge in [-0.3, -0.25) is 20.0 Å². The van der Waals surface area contributed by atoms with E-state index in [1.165, 1.54) is 22.3 Å². The molecular formula is C30H24N8. The van der Waals surface area contributed by atoms with Gasteiger partial charge in [-0.25, -0.2) is 0 Å². The Kier molecular flexibility index (Phi) is 5.02. The first-order valence-electron chi connectivity index (χ1n) is 12.7. The lowest BCUT2D eigenvalue weighted by Crippen LogP contribution is -2.29. The van der Waals surface area contributed by atoms with Crippen molar-refractivity contribution < 1.29 is 0 Å². The molecule has 0 amide bonds. The van der Waals surface area contributed by atoms with Crippen molar-refractivity contribution in [2.45, 2.75) is 40.5 Å². The van der Waals surface area contributed by atoms with Crippen molar-refractivity contribution in [2.75, 3.05) is 13.3 Å². The van der Waals surface area contributed by atoms with Crippen LogP contribution in [-0.4, -0.2) is 25.4 Å². The van der Waals surface area contributed by atoms with Gasteiger partial charge in [-0.1, -0.05) is 35.5 Å². The third-order valence-electron chi connectivity index (χ3n) is 7.55. The molecule has 8 heteroatoms. The zero-order valence-corrected chi connectivity index (χ0v) is 21.7. The second-order valence-electron chi connectivity index (χ2n) is 10.1. The van der Waals surface area contributed by atoms with E-state index in [9.17, 15) is 0 Å². The lowest BCUT2D eigenvalue weighted by atomic mass is 9.92. The number of hydrogen-bond donors (Lipinski definition) is 0. The molecule has 0 spiro atoms. The van der Waals surface area contributed by atoms with Crippen LogP contribution in [0, 0.1) is 13.8 Å². The molecule has 2 aliphatic carbocycles. The van der Waals surface area contributed by atoms with E-state index < -0.39 is 0 Å². The predicted octanol–water partition coefficient (Wildman–Crippen LogP) is 4.78. The summed E-state index contributed by atoms with van der Waals surface area (Å²) in [4.78, 5) is 35.2. The molecule has 0 atom stereocenters. The monoisotopic (exact) mass is 496 g/mol. The van der Waals surface area contributed by atoms with E-state index in [4.69, 9.17) is 9.98 Å². The zero-order chi connectivity index (χ0) is 26.0. The average molecular weight is 497 g/mol. The molecule has 0 radical (unpaired) electrons. The Morgan fingerprint density at radius 1 is 0.500 bits per heavy atom. The molecule has 4 aliphatic heterocycles. The van der Waals surface area contributed by atoms with Gasteiger partial charge in [0, 0.05) is 22.3 Å². The molecule has 4 heterocycles. The molecule has 2 aromatic carbocycles. The van der Waals surface area contributed by atoms with E-state index in [2.05, 4.69) is 80.1 Å². The van der Waals surface area contributed by atoms with E-state index in [-0.39, 0.29) is 0 Å². The van der Waals surface area contributed by atoms with Gasteiger partial charge in [-0.05, 0) is 51.7 Å². The van der Waals surface area contributed by atoms with Crippen molar-refractivity contribution >= 4 is 45.9 Å². The SMILES string of the molecule is CC1=CC=C(c2c3c(c(C4=CC=C(C)C4)c4c2=NCN=4)N=C=N3)C1.Cc1c2c(c(C)c3c1=NCN=3)N=C=N2. The molecule has 38 heavy (non-hydrogen) atoms. The average Bonchev–Trinajstić information content (AvgIpc) is 3.74. The van der Waals surface area contributed by atoms with Crippen molar-refractivity contribution in [1.29, 1.82) is 0 Å². The second kappa shape index (κ2) is 8.45. The molecule has 0 bridgehead atoms. The van der Waals surface area contributed by atoms with Crippen molar-refractivity contribution in [3.05, 3.63) is 79.1 Å². The van der Waals surface area contributed by atoms with Crippen molar-refractivity contribution in [3.8, 4) is 0 Å². The van der Waals surface area contributed by atoms with Gasteiger partial charge in [0.05, 0.1) is 21.4 Å². The number of fused-ring (bicyclic) bond motifs is 4. The molecule has 8 rings (SSSR count). The highest BCUT2D eigenvalue weighted by molar-refractivity contribution is 5.95. The van der Waals surface area contributed by atoms with Crippen LogP contribution >= 0.6 is 0 Å². The van der Waals surface area contributed by atoms with Crippen LogP contribution in [0.25, 0.3) is 11.1 Å². The van der Waals surface area contributed by atoms with Gasteiger partial charge < -0.3 is 0 Å². The van der Waals surface area contributed by atoms with E-state index in [0.717, 1.165) is 79.3 Å². The number of hydrogen-bond acceptors (Lipinski definition) is 8. The summed E-state index contributed by atoms with van der Waals surface area (Å²) < 4.78 is 0. The molecule has 0 saturated carbocycles. The topological polar surface area (TPSA) is 98.9 Å². The minimum absolute atomic E-state index is 0.491. The Balaban J connectivity index is 0.000000147. The smallest absolute Gasteiger partial charge is 0.130 e. The number of benzene rings is 2. The standard InChI is InChI=1S/C20H16N4.C10H8N4/c1-11-3-5-13(7-11)15-17-19(23-9-21-17)16(14-6-4-12(2)8-14)20-18(15)22-10-24-20;1-5-7-9(13-3-11-7)6(2)10-8(5)12-4-14-10/h3-6H,7-9H2,1-2H3;3H2,1-2H3. The zero-order valence-electron chi connectivity index (χ0n) is 21.7. The van der Waals surface area contributed by atoms with Gasteiger partial charge in [-0.2, -0.15) is 20.0 Å². The van der Waals surface area contributed by atoms with Gasteiger partial charge in [0.1, 0.15) is 48.1 Å². The van der Waals surface area contributed by atoms with Gasteiger partial charge in [0.15, 0.2) is 0 Å². The van der Waals surface area contributed by atoms with Gasteiger partial charge in [-0.15, -0.1) is 0 Å². The predicted molar refractivity (Wildman–Crippen MR) is 148 cm³/mol. The van der Waals surface area contributed by atoms with Gasteiger partial charge in [0.2, 0.25) is 0 Å². The number of allylic oxidation sites excluding steroid dienone is 8. The third kappa shape index (κ3) is 3.32. The molecular weight excluding hydrogens is 472 g/mol. The summed E-state index contributed by atoms with van der Waals surface area (Å²) in [6.45, 7) is 9.34. The van der Waals surface area contributed by atoms with Crippen LogP contribution in [0.1, 0.15) is 48.9 Å². The van der Waals surface area contributed by atoms with Crippen LogP contribution in [0.4, 0.5) is 22.7 Å². The molecule has 8 nitrogen and oxygen atoms in total. The van der Waals surface area contributed by atoms with Crippen molar-refractivity contribution in [3.63, 3.8) is 0 Å². The molecule has 0 N–H and O–H groups in total. The summed E-state index contributed by atoms with van der Waals surface area (Å²) in [5.74, 6) is 0. The van der Waals surface area contributed by atoms with Gasteiger partial charge in [0.25, 0.3) is 0 Å². The van der Waals surface area contributed by atoms with Crippen LogP contribution in [0.5, 0.6) is 0 Å². The fourth-order valence-electron chi connectivity index (χ4n) is 5.70. The van der Waals surface area contributed by atoms with E-state index in [1.807, 2.05) is 13.8 Å². The normalized spacial score (nSPS) is 17.8. The molecule has 0 saturated heterocycles. The quantitative estimate of drug-likeness (QED) is 0.382. The highest BCUT2D eigenvalue weighted by Crippen LogP contribution is 2.44. The first-order chi connectivity index (χ1) is 18.5. The highest BCUT2D eigenvalue weighted by Gasteiger charge is 2.27. The Hall–Kier alpha value is -4.64. The maximum Gasteiger partial charge on any atom is 0.130 e. The van der Waals surface area contributed by atoms with E-state index in [0.29, 0.717) is 13.3 Å². The van der Waals surface area contributed by atoms with Crippen LogP contribution in [0.3, 0.4) is 0 Å². The number of rotatable bonds is 2. The van der Waals surface area contributed by atoms with Crippen LogP contribution in [0.2, 0.25) is 0 Å². The summed E-state index contributed by atoms with van der Waals surface area (Å²) in [5, 5.41) is 3.91. The molecule has 0 aromatic heterocycles. The second-order valence-corrected chi connectivity index (χ2v) is 10.1. The Labute approximate surface area is 218 Å². The minimum atomic E-state index is 0.491. The summed E-state index contributed by atoms with van der Waals surface area (Å²) in [6, 6.07) is 5.46. The first kappa shape index (κ1) is 22.5. The Morgan fingerprint density at radius 2 is 0.895 bits per heavy atom.